The Balaban J connectivity index is 1.58. The number of hydrogen-bond donors (Lipinski definition) is 2. The first-order valence-electron chi connectivity index (χ1n) is 6.87. The molecule has 1 atom stereocenters. The maximum absolute atomic E-state index is 10.00. The molecule has 0 spiro atoms. The average molecular weight is 268 g/mol. The topological polar surface area (TPSA) is 35.5 Å². The quantitative estimate of drug-likeness (QED) is 0.827. The van der Waals surface area contributed by atoms with E-state index in [1.165, 1.54) is 17.7 Å². The van der Waals surface area contributed by atoms with Gasteiger partial charge in [-0.25, -0.2) is 0 Å². The molecule has 3 nitrogen and oxygen atoms in total. The molecule has 1 aromatic heterocycles. The number of aliphatic hydroxyl groups is 1. The van der Waals surface area contributed by atoms with E-state index in [1.54, 1.807) is 11.3 Å². The highest BCUT2D eigenvalue weighted by atomic mass is 32.1. The molecule has 0 aromatic carbocycles. The van der Waals surface area contributed by atoms with E-state index in [-0.39, 0.29) is 6.10 Å². The zero-order valence-corrected chi connectivity index (χ0v) is 12.0. The second kappa shape index (κ2) is 7.24. The molecular formula is C14H24N2OS. The van der Waals surface area contributed by atoms with Gasteiger partial charge in [-0.15, -0.1) is 11.3 Å². The van der Waals surface area contributed by atoms with Crippen LogP contribution in [0.25, 0.3) is 0 Å². The zero-order valence-electron chi connectivity index (χ0n) is 11.1. The normalized spacial score (nSPS) is 20.1. The van der Waals surface area contributed by atoms with Crippen LogP contribution in [0.3, 0.4) is 0 Å². The molecule has 2 heterocycles. The summed E-state index contributed by atoms with van der Waals surface area (Å²) in [7, 11) is 0. The Hall–Kier alpha value is -0.420. The lowest BCUT2D eigenvalue weighted by Crippen LogP contribution is -2.41. The van der Waals surface area contributed by atoms with Gasteiger partial charge in [0.1, 0.15) is 0 Å². The van der Waals surface area contributed by atoms with Gasteiger partial charge in [0.05, 0.1) is 6.10 Å². The monoisotopic (exact) mass is 268 g/mol. The van der Waals surface area contributed by atoms with E-state index in [0.29, 0.717) is 6.54 Å². The summed E-state index contributed by atoms with van der Waals surface area (Å²) in [5.41, 5.74) is 0. The van der Waals surface area contributed by atoms with E-state index in [0.717, 1.165) is 32.1 Å². The summed E-state index contributed by atoms with van der Waals surface area (Å²) in [6, 6.07) is 4.18. The average Bonchev–Trinajstić information content (AvgIpc) is 2.85. The number of likely N-dealkylation sites (tertiary alicyclic amines) is 1. The van der Waals surface area contributed by atoms with Gasteiger partial charge < -0.3 is 15.3 Å². The van der Waals surface area contributed by atoms with Gasteiger partial charge in [0, 0.05) is 24.5 Å². The molecule has 0 radical (unpaired) electrons. The summed E-state index contributed by atoms with van der Waals surface area (Å²) in [6.45, 7) is 6.96. The molecule has 1 unspecified atom stereocenters. The molecule has 18 heavy (non-hydrogen) atoms. The van der Waals surface area contributed by atoms with Crippen molar-refractivity contribution in [2.24, 2.45) is 5.92 Å². The molecular weight excluding hydrogens is 244 g/mol. The minimum atomic E-state index is -0.252. The van der Waals surface area contributed by atoms with Crippen molar-refractivity contribution in [2.45, 2.75) is 32.4 Å². The minimum absolute atomic E-state index is 0.252. The predicted molar refractivity (Wildman–Crippen MR) is 76.9 cm³/mol. The number of rotatable bonds is 6. The van der Waals surface area contributed by atoms with Gasteiger partial charge in [-0.3, -0.25) is 0 Å². The molecule has 1 aliphatic heterocycles. The number of thiophene rings is 1. The molecule has 1 aromatic rings. The highest BCUT2D eigenvalue weighted by molar-refractivity contribution is 7.09. The van der Waals surface area contributed by atoms with Crippen molar-refractivity contribution in [3.8, 4) is 0 Å². The first-order valence-corrected chi connectivity index (χ1v) is 7.75. The lowest BCUT2D eigenvalue weighted by atomic mass is 9.99. The Labute approximate surface area is 114 Å². The van der Waals surface area contributed by atoms with Crippen LogP contribution in [0.5, 0.6) is 0 Å². The second-order valence-electron chi connectivity index (χ2n) is 5.35. The first kappa shape index (κ1) is 14.0. The highest BCUT2D eigenvalue weighted by Gasteiger charge is 2.17. The lowest BCUT2D eigenvalue weighted by Gasteiger charge is -2.31. The summed E-state index contributed by atoms with van der Waals surface area (Å²) in [5, 5.41) is 15.4. The molecule has 1 aliphatic rings. The SMILES string of the molecule is CC1CCN(CC(O)CNCc2cccs2)CC1. The van der Waals surface area contributed by atoms with Crippen LogP contribution in [0.1, 0.15) is 24.6 Å². The number of hydrogen-bond acceptors (Lipinski definition) is 4. The van der Waals surface area contributed by atoms with Crippen LogP contribution in [0, 0.1) is 5.92 Å². The fraction of sp³-hybridized carbons (Fsp3) is 0.714. The minimum Gasteiger partial charge on any atom is -0.390 e. The summed E-state index contributed by atoms with van der Waals surface area (Å²) in [5.74, 6) is 0.857. The number of piperidine rings is 1. The Morgan fingerprint density at radius 1 is 1.50 bits per heavy atom. The zero-order chi connectivity index (χ0) is 12.8. The molecule has 0 saturated carbocycles. The van der Waals surface area contributed by atoms with Gasteiger partial charge in [0.25, 0.3) is 0 Å². The van der Waals surface area contributed by atoms with E-state index < -0.39 is 0 Å². The van der Waals surface area contributed by atoms with E-state index >= 15 is 0 Å². The van der Waals surface area contributed by atoms with Crippen molar-refractivity contribution >= 4 is 11.3 Å². The third-order valence-corrected chi connectivity index (χ3v) is 4.48. The van der Waals surface area contributed by atoms with Gasteiger partial charge in [0.2, 0.25) is 0 Å². The standard InChI is InChI=1S/C14H24N2OS/c1-12-4-6-16(7-5-12)11-13(17)9-15-10-14-3-2-8-18-14/h2-3,8,12-13,15,17H,4-7,9-11H2,1H3. The number of nitrogens with one attached hydrogen (secondary N) is 1. The number of aliphatic hydroxyl groups excluding tert-OH is 1. The van der Waals surface area contributed by atoms with Crippen molar-refractivity contribution < 1.29 is 5.11 Å². The van der Waals surface area contributed by atoms with Gasteiger partial charge in [-0.1, -0.05) is 13.0 Å². The van der Waals surface area contributed by atoms with Gasteiger partial charge in [-0.2, -0.15) is 0 Å². The molecule has 0 aliphatic carbocycles. The Bertz CT molecular complexity index is 321. The summed E-state index contributed by atoms with van der Waals surface area (Å²) < 4.78 is 0. The van der Waals surface area contributed by atoms with E-state index in [9.17, 15) is 5.11 Å². The fourth-order valence-corrected chi connectivity index (χ4v) is 3.06. The molecule has 1 fully saturated rings. The lowest BCUT2D eigenvalue weighted by molar-refractivity contribution is 0.0907. The Morgan fingerprint density at radius 2 is 2.28 bits per heavy atom. The molecule has 1 saturated heterocycles. The fourth-order valence-electron chi connectivity index (χ4n) is 2.38. The van der Waals surface area contributed by atoms with Crippen molar-refractivity contribution in [2.75, 3.05) is 26.2 Å². The van der Waals surface area contributed by atoms with Crippen LogP contribution in [0.2, 0.25) is 0 Å². The first-order chi connectivity index (χ1) is 8.74. The van der Waals surface area contributed by atoms with Crippen molar-refractivity contribution in [3.05, 3.63) is 22.4 Å². The molecule has 2 N–H and O–H groups in total. The maximum Gasteiger partial charge on any atom is 0.0791 e. The predicted octanol–water partition coefficient (Wildman–Crippen LogP) is 1.93. The Kier molecular flexibility index (Phi) is 5.63. The van der Waals surface area contributed by atoms with Gasteiger partial charge >= 0.3 is 0 Å². The second-order valence-corrected chi connectivity index (χ2v) is 6.38. The summed E-state index contributed by atoms with van der Waals surface area (Å²) >= 11 is 1.76. The van der Waals surface area contributed by atoms with E-state index in [4.69, 9.17) is 0 Å². The number of β-amino-alcohol motifs (C(OH)–C–C–N with tert-alkyl or cyclic N) is 1. The van der Waals surface area contributed by atoms with E-state index in [2.05, 4.69) is 34.7 Å². The maximum atomic E-state index is 10.00. The van der Waals surface area contributed by atoms with Gasteiger partial charge in [-0.05, 0) is 43.3 Å². The highest BCUT2D eigenvalue weighted by Crippen LogP contribution is 2.15. The van der Waals surface area contributed by atoms with Crippen LogP contribution in [0.15, 0.2) is 17.5 Å². The third kappa shape index (κ3) is 4.69. The molecule has 2 rings (SSSR count). The molecule has 4 heteroatoms. The molecule has 102 valence electrons. The third-order valence-electron chi connectivity index (χ3n) is 3.60. The van der Waals surface area contributed by atoms with Crippen molar-refractivity contribution in [1.29, 1.82) is 0 Å². The van der Waals surface area contributed by atoms with E-state index in [1.807, 2.05) is 0 Å². The summed E-state index contributed by atoms with van der Waals surface area (Å²) in [6.07, 6.45) is 2.29. The number of nitrogens with zero attached hydrogens (tertiary/aromatic N) is 1. The molecule has 0 amide bonds. The van der Waals surface area contributed by atoms with Crippen molar-refractivity contribution in [3.63, 3.8) is 0 Å². The summed E-state index contributed by atoms with van der Waals surface area (Å²) in [4.78, 5) is 3.71. The largest absolute Gasteiger partial charge is 0.390 e. The van der Waals surface area contributed by atoms with Crippen LogP contribution < -0.4 is 5.32 Å². The smallest absolute Gasteiger partial charge is 0.0791 e. The van der Waals surface area contributed by atoms with Crippen LogP contribution in [0.4, 0.5) is 0 Å². The Morgan fingerprint density at radius 3 is 2.94 bits per heavy atom. The molecule has 0 bridgehead atoms. The van der Waals surface area contributed by atoms with Crippen LogP contribution in [-0.4, -0.2) is 42.3 Å². The van der Waals surface area contributed by atoms with Crippen LogP contribution in [-0.2, 0) is 6.54 Å². The van der Waals surface area contributed by atoms with Crippen molar-refractivity contribution in [1.82, 2.24) is 10.2 Å². The van der Waals surface area contributed by atoms with Crippen LogP contribution >= 0.6 is 11.3 Å². The van der Waals surface area contributed by atoms with Gasteiger partial charge in [0.15, 0.2) is 0 Å².